The number of carbonyl (C=O) groups excluding carboxylic acids is 1. The number of hydrogen-bond donors (Lipinski definition) is 1. The van der Waals surface area contributed by atoms with Crippen molar-refractivity contribution in [2.24, 2.45) is 0 Å². The second-order valence-corrected chi connectivity index (χ2v) is 6.20. The van der Waals surface area contributed by atoms with Crippen LogP contribution in [0.2, 0.25) is 0 Å². The molecule has 1 N–H and O–H groups in total. The number of hydrogen-bond acceptors (Lipinski definition) is 2. The van der Waals surface area contributed by atoms with E-state index < -0.39 is 0 Å². The maximum Gasteiger partial charge on any atom is 0.160 e. The van der Waals surface area contributed by atoms with Crippen molar-refractivity contribution in [3.05, 3.63) is 63.2 Å². The van der Waals surface area contributed by atoms with Crippen LogP contribution in [0.5, 0.6) is 0 Å². The number of benzene rings is 2. The summed E-state index contributed by atoms with van der Waals surface area (Å²) in [5.41, 5.74) is 9.18. The normalized spacial score (nSPS) is 10.6. The first-order chi connectivity index (χ1) is 10.3. The van der Waals surface area contributed by atoms with Crippen molar-refractivity contribution in [2.75, 3.05) is 5.32 Å². The lowest BCUT2D eigenvalue weighted by atomic mass is 9.91. The van der Waals surface area contributed by atoms with Crippen LogP contribution in [-0.4, -0.2) is 5.78 Å². The Morgan fingerprint density at radius 2 is 1.59 bits per heavy atom. The Labute approximate surface area is 133 Å². The molecule has 0 aliphatic rings. The van der Waals surface area contributed by atoms with Gasteiger partial charge in [-0.2, -0.15) is 0 Å². The second kappa shape index (κ2) is 6.35. The number of rotatable bonds is 4. The molecule has 0 bridgehead atoms. The van der Waals surface area contributed by atoms with E-state index >= 15 is 0 Å². The number of ketones is 1. The van der Waals surface area contributed by atoms with Crippen molar-refractivity contribution >= 4 is 11.5 Å². The molecule has 0 heterocycles. The monoisotopic (exact) mass is 295 g/mol. The first-order valence-electron chi connectivity index (χ1n) is 7.73. The Kier molecular flexibility index (Phi) is 4.70. The number of aryl methyl sites for hydroxylation is 4. The average Bonchev–Trinajstić information content (AvgIpc) is 2.41. The van der Waals surface area contributed by atoms with Gasteiger partial charge in [-0.3, -0.25) is 4.79 Å². The summed E-state index contributed by atoms with van der Waals surface area (Å²) in [6.45, 7) is 12.8. The van der Waals surface area contributed by atoms with Crippen LogP contribution in [-0.2, 0) is 6.54 Å². The molecule has 0 atom stereocenters. The SMILES string of the molecule is CC(=O)c1c(C)cc(C)c(CNc2ccc(C)c(C)c2)c1C. The van der Waals surface area contributed by atoms with E-state index in [9.17, 15) is 4.79 Å². The van der Waals surface area contributed by atoms with Crippen molar-refractivity contribution < 1.29 is 4.79 Å². The standard InChI is InChI=1S/C20H25NO/c1-12-7-8-18(10-13(12)2)21-11-19-14(3)9-15(4)20(16(19)5)17(6)22/h7-10,21H,11H2,1-6H3. The van der Waals surface area contributed by atoms with Gasteiger partial charge in [0.25, 0.3) is 0 Å². The Hall–Kier alpha value is -2.09. The van der Waals surface area contributed by atoms with Crippen LogP contribution in [0.25, 0.3) is 0 Å². The third-order valence-corrected chi connectivity index (χ3v) is 4.46. The molecule has 0 saturated heterocycles. The van der Waals surface area contributed by atoms with Gasteiger partial charge in [-0.25, -0.2) is 0 Å². The molecular weight excluding hydrogens is 270 g/mol. The van der Waals surface area contributed by atoms with Gasteiger partial charge in [0.15, 0.2) is 5.78 Å². The predicted octanol–water partition coefficient (Wildman–Crippen LogP) is 5.04. The molecule has 0 aliphatic carbocycles. The number of anilines is 1. The molecule has 0 fully saturated rings. The van der Waals surface area contributed by atoms with E-state index in [2.05, 4.69) is 50.4 Å². The Morgan fingerprint density at radius 3 is 2.18 bits per heavy atom. The van der Waals surface area contributed by atoms with Gasteiger partial charge in [-0.15, -0.1) is 0 Å². The summed E-state index contributed by atoms with van der Waals surface area (Å²) < 4.78 is 0. The van der Waals surface area contributed by atoms with Crippen LogP contribution in [0, 0.1) is 34.6 Å². The third-order valence-electron chi connectivity index (χ3n) is 4.46. The van der Waals surface area contributed by atoms with Gasteiger partial charge in [-0.1, -0.05) is 12.1 Å². The lowest BCUT2D eigenvalue weighted by Gasteiger charge is -2.17. The molecule has 2 aromatic carbocycles. The molecule has 22 heavy (non-hydrogen) atoms. The highest BCUT2D eigenvalue weighted by Crippen LogP contribution is 2.24. The summed E-state index contributed by atoms with van der Waals surface area (Å²) >= 11 is 0. The van der Waals surface area contributed by atoms with Gasteiger partial charge >= 0.3 is 0 Å². The van der Waals surface area contributed by atoms with E-state index in [0.29, 0.717) is 0 Å². The molecule has 0 saturated carbocycles. The summed E-state index contributed by atoms with van der Waals surface area (Å²) in [7, 11) is 0. The van der Waals surface area contributed by atoms with E-state index in [4.69, 9.17) is 0 Å². The zero-order valence-corrected chi connectivity index (χ0v) is 14.4. The van der Waals surface area contributed by atoms with Crippen LogP contribution in [0.3, 0.4) is 0 Å². The Bertz CT molecular complexity index is 729. The van der Waals surface area contributed by atoms with Crippen molar-refractivity contribution in [3.63, 3.8) is 0 Å². The molecule has 0 amide bonds. The van der Waals surface area contributed by atoms with Crippen LogP contribution in [0.4, 0.5) is 5.69 Å². The van der Waals surface area contributed by atoms with E-state index in [0.717, 1.165) is 28.9 Å². The minimum absolute atomic E-state index is 0.141. The van der Waals surface area contributed by atoms with Crippen LogP contribution in [0.1, 0.15) is 50.7 Å². The molecule has 2 aromatic rings. The molecule has 0 unspecified atom stereocenters. The van der Waals surface area contributed by atoms with Crippen molar-refractivity contribution in [1.29, 1.82) is 0 Å². The van der Waals surface area contributed by atoms with Crippen molar-refractivity contribution in [3.8, 4) is 0 Å². The zero-order chi connectivity index (χ0) is 16.4. The topological polar surface area (TPSA) is 29.1 Å². The van der Waals surface area contributed by atoms with Gasteiger partial charge in [0, 0.05) is 17.8 Å². The molecule has 0 aromatic heterocycles. The van der Waals surface area contributed by atoms with Gasteiger partial charge in [-0.05, 0) is 87.1 Å². The minimum Gasteiger partial charge on any atom is -0.381 e. The molecule has 2 heteroatoms. The summed E-state index contributed by atoms with van der Waals surface area (Å²) in [5, 5.41) is 3.48. The van der Waals surface area contributed by atoms with E-state index in [-0.39, 0.29) is 5.78 Å². The molecule has 116 valence electrons. The van der Waals surface area contributed by atoms with Gasteiger partial charge < -0.3 is 5.32 Å². The summed E-state index contributed by atoms with van der Waals surface area (Å²) in [6.07, 6.45) is 0. The quantitative estimate of drug-likeness (QED) is 0.800. The highest BCUT2D eigenvalue weighted by molar-refractivity contribution is 5.97. The highest BCUT2D eigenvalue weighted by Gasteiger charge is 2.14. The number of carbonyl (C=O) groups is 1. The van der Waals surface area contributed by atoms with Crippen LogP contribution < -0.4 is 5.32 Å². The van der Waals surface area contributed by atoms with Crippen molar-refractivity contribution in [1.82, 2.24) is 0 Å². The summed E-state index contributed by atoms with van der Waals surface area (Å²) in [4.78, 5) is 11.9. The molecule has 0 radical (unpaired) electrons. The van der Waals surface area contributed by atoms with E-state index in [1.165, 1.54) is 22.3 Å². The fourth-order valence-electron chi connectivity index (χ4n) is 3.08. The fourth-order valence-corrected chi connectivity index (χ4v) is 3.08. The van der Waals surface area contributed by atoms with E-state index in [1.807, 2.05) is 13.8 Å². The number of nitrogens with one attached hydrogen (secondary N) is 1. The lowest BCUT2D eigenvalue weighted by Crippen LogP contribution is -2.09. The summed E-state index contributed by atoms with van der Waals surface area (Å²) in [5.74, 6) is 0.141. The first-order valence-corrected chi connectivity index (χ1v) is 7.73. The third kappa shape index (κ3) is 3.22. The van der Waals surface area contributed by atoms with Crippen LogP contribution in [0.15, 0.2) is 24.3 Å². The molecule has 0 aliphatic heterocycles. The highest BCUT2D eigenvalue weighted by atomic mass is 16.1. The maximum atomic E-state index is 11.9. The maximum absolute atomic E-state index is 11.9. The van der Waals surface area contributed by atoms with Gasteiger partial charge in [0.2, 0.25) is 0 Å². The first kappa shape index (κ1) is 16.3. The van der Waals surface area contributed by atoms with Crippen molar-refractivity contribution in [2.45, 2.75) is 48.1 Å². The average molecular weight is 295 g/mol. The van der Waals surface area contributed by atoms with E-state index in [1.54, 1.807) is 6.92 Å². The Morgan fingerprint density at radius 1 is 0.909 bits per heavy atom. The Balaban J connectivity index is 2.31. The fraction of sp³-hybridized carbons (Fsp3) is 0.350. The molecule has 0 spiro atoms. The van der Waals surface area contributed by atoms with Gasteiger partial charge in [0.05, 0.1) is 0 Å². The number of Topliss-reactive ketones (excluding diaryl/α,β-unsaturated/α-hetero) is 1. The molecule has 2 nitrogen and oxygen atoms in total. The largest absolute Gasteiger partial charge is 0.381 e. The molecular formula is C20H25NO. The molecule has 2 rings (SSSR count). The second-order valence-electron chi connectivity index (χ2n) is 6.20. The lowest BCUT2D eigenvalue weighted by molar-refractivity contribution is 0.101. The minimum atomic E-state index is 0.141. The summed E-state index contributed by atoms with van der Waals surface area (Å²) in [6, 6.07) is 8.52. The van der Waals surface area contributed by atoms with Crippen LogP contribution >= 0.6 is 0 Å². The van der Waals surface area contributed by atoms with Gasteiger partial charge in [0.1, 0.15) is 0 Å². The smallest absolute Gasteiger partial charge is 0.160 e. The zero-order valence-electron chi connectivity index (χ0n) is 14.4. The predicted molar refractivity (Wildman–Crippen MR) is 93.9 cm³/mol.